The van der Waals surface area contributed by atoms with Gasteiger partial charge < -0.3 is 10.6 Å². The van der Waals surface area contributed by atoms with Gasteiger partial charge in [-0.1, -0.05) is 6.07 Å². The van der Waals surface area contributed by atoms with E-state index < -0.39 is 0 Å². The second-order valence-corrected chi connectivity index (χ2v) is 15.2. The van der Waals surface area contributed by atoms with Crippen LogP contribution in [0.3, 0.4) is 0 Å². The highest BCUT2D eigenvalue weighted by atomic mass is 35.5. The summed E-state index contributed by atoms with van der Waals surface area (Å²) in [6.07, 6.45) is 12.1. The van der Waals surface area contributed by atoms with Crippen LogP contribution in [0, 0.1) is 19.7 Å². The van der Waals surface area contributed by atoms with E-state index >= 15 is 0 Å². The van der Waals surface area contributed by atoms with E-state index in [0.717, 1.165) is 113 Å². The lowest BCUT2D eigenvalue weighted by Crippen LogP contribution is -2.27. The number of aromatic nitrogens is 8. The number of benzene rings is 4. The molecule has 6 heterocycles. The molecule has 8 aromatic rings. The van der Waals surface area contributed by atoms with Gasteiger partial charge in [-0.3, -0.25) is 14.3 Å². The highest BCUT2D eigenvalue weighted by molar-refractivity contribution is 5.91. The number of rotatable bonds is 4. The van der Waals surface area contributed by atoms with Crippen molar-refractivity contribution in [3.63, 3.8) is 0 Å². The van der Waals surface area contributed by atoms with Crippen molar-refractivity contribution < 1.29 is 4.39 Å². The van der Waals surface area contributed by atoms with Crippen LogP contribution in [0.2, 0.25) is 0 Å². The summed E-state index contributed by atoms with van der Waals surface area (Å²) in [5.74, 6) is 1.29. The van der Waals surface area contributed by atoms with Crippen LogP contribution in [0.25, 0.3) is 66.0 Å². The van der Waals surface area contributed by atoms with Gasteiger partial charge in [0.15, 0.2) is 0 Å². The van der Waals surface area contributed by atoms with Crippen LogP contribution in [0.15, 0.2) is 79.4 Å². The Morgan fingerprint density at radius 1 is 0.569 bits per heavy atom. The standard InChI is InChI=1S/C22H22FN5.C22H23N5.3ClH/c1-13-7-15(9-18-12-28(2)27-20(13)18)16-8-17-11-25-22(14-3-5-24-6-4-14)26-21(17)19(23)10-16;1-14-9-17(10-18-13-27(2)26-22(14)18)16-3-4-19-20(11-16)24-12-21(25-19)15-5-7-23-8-6-15;;;/h7-12,14,24H,3-6H2,1-2H3;3-4,9-13,15,23H,5-8H2,1-2H3;3*1H. The van der Waals surface area contributed by atoms with Crippen molar-refractivity contribution in [2.24, 2.45) is 14.1 Å². The van der Waals surface area contributed by atoms with Crippen molar-refractivity contribution in [2.45, 2.75) is 51.4 Å². The third-order valence-corrected chi connectivity index (χ3v) is 11.2. The zero-order chi connectivity index (χ0) is 37.6. The van der Waals surface area contributed by atoms with Crippen LogP contribution in [-0.4, -0.2) is 65.7 Å². The first-order valence-electron chi connectivity index (χ1n) is 19.3. The van der Waals surface area contributed by atoms with Gasteiger partial charge >= 0.3 is 0 Å². The molecule has 0 bridgehead atoms. The van der Waals surface area contributed by atoms with E-state index in [4.69, 9.17) is 9.97 Å². The minimum atomic E-state index is -0.297. The van der Waals surface area contributed by atoms with Gasteiger partial charge in [0, 0.05) is 66.9 Å². The summed E-state index contributed by atoms with van der Waals surface area (Å²) in [7, 11) is 3.87. The number of piperidine rings is 2. The van der Waals surface area contributed by atoms with Gasteiger partial charge in [-0.05, 0) is 148 Å². The lowest BCUT2D eigenvalue weighted by molar-refractivity contribution is 0.445. The number of nitrogens with zero attached hydrogens (tertiary/aromatic N) is 8. The number of fused-ring (bicyclic) bond motifs is 4. The number of nitrogens with one attached hydrogen (secondary N) is 2. The first-order valence-corrected chi connectivity index (χ1v) is 19.3. The molecule has 10 nitrogen and oxygen atoms in total. The normalized spacial score (nSPS) is 14.8. The molecule has 4 aromatic carbocycles. The number of hydrogen-bond donors (Lipinski definition) is 2. The third-order valence-electron chi connectivity index (χ3n) is 11.2. The second-order valence-electron chi connectivity index (χ2n) is 15.2. The molecule has 302 valence electrons. The van der Waals surface area contributed by atoms with Crippen LogP contribution >= 0.6 is 37.2 Å². The van der Waals surface area contributed by atoms with Crippen LogP contribution < -0.4 is 10.6 Å². The third kappa shape index (κ3) is 8.65. The van der Waals surface area contributed by atoms with Gasteiger partial charge in [-0.25, -0.2) is 19.3 Å². The quantitative estimate of drug-likeness (QED) is 0.181. The summed E-state index contributed by atoms with van der Waals surface area (Å²) in [5, 5.41) is 18.7. The summed E-state index contributed by atoms with van der Waals surface area (Å²) in [6.45, 7) is 8.21. The Kier molecular flexibility index (Phi) is 13.3. The molecule has 0 radical (unpaired) electrons. The average Bonchev–Trinajstić information content (AvgIpc) is 3.79. The summed E-state index contributed by atoms with van der Waals surface area (Å²) in [4.78, 5) is 18.8. The minimum Gasteiger partial charge on any atom is -0.317 e. The highest BCUT2D eigenvalue weighted by Gasteiger charge is 2.20. The Labute approximate surface area is 355 Å². The fourth-order valence-corrected chi connectivity index (χ4v) is 8.27. The SMILES string of the molecule is Cc1cc(-c2cc(F)c3nc(C4CCNCC4)ncc3c2)cc2cn(C)nc12.Cc1cc(-c2ccc3nc(C4CCNCC4)cnc3c2)cc2cn(C)nc12.Cl.Cl.Cl. The van der Waals surface area contributed by atoms with Crippen molar-refractivity contribution in [1.82, 2.24) is 50.1 Å². The molecule has 58 heavy (non-hydrogen) atoms. The molecule has 10 rings (SSSR count). The zero-order valence-corrected chi connectivity index (χ0v) is 35.4. The monoisotopic (exact) mass is 840 g/mol. The van der Waals surface area contributed by atoms with Crippen LogP contribution in [-0.2, 0) is 14.1 Å². The molecular formula is C44H48Cl3FN10. The molecule has 0 amide bonds. The Bertz CT molecular complexity index is 2720. The first kappa shape index (κ1) is 42.8. The maximum atomic E-state index is 15.0. The lowest BCUT2D eigenvalue weighted by Gasteiger charge is -2.21. The molecule has 2 aliphatic heterocycles. The largest absolute Gasteiger partial charge is 0.317 e. The molecule has 0 aliphatic carbocycles. The minimum absolute atomic E-state index is 0. The van der Waals surface area contributed by atoms with E-state index in [1.807, 2.05) is 44.2 Å². The number of hydrogen-bond acceptors (Lipinski definition) is 8. The molecule has 0 spiro atoms. The maximum absolute atomic E-state index is 15.0. The second kappa shape index (κ2) is 18.0. The van der Waals surface area contributed by atoms with E-state index in [9.17, 15) is 4.39 Å². The predicted molar refractivity (Wildman–Crippen MR) is 239 cm³/mol. The van der Waals surface area contributed by atoms with Crippen molar-refractivity contribution in [1.29, 1.82) is 0 Å². The Balaban J connectivity index is 0.000000186. The van der Waals surface area contributed by atoms with Gasteiger partial charge in [0.2, 0.25) is 0 Å². The van der Waals surface area contributed by atoms with Gasteiger partial charge in [-0.15, -0.1) is 37.2 Å². The smallest absolute Gasteiger partial charge is 0.150 e. The molecular weight excluding hydrogens is 794 g/mol. The molecule has 2 N–H and O–H groups in total. The van der Waals surface area contributed by atoms with E-state index in [1.165, 1.54) is 22.1 Å². The fraction of sp³-hybridized carbons (Fsp3) is 0.318. The summed E-state index contributed by atoms with van der Waals surface area (Å²) in [5.41, 5.74) is 11.9. The van der Waals surface area contributed by atoms with Gasteiger partial charge in [-0.2, -0.15) is 10.2 Å². The lowest BCUT2D eigenvalue weighted by atomic mass is 9.95. The molecule has 2 saturated heterocycles. The number of aryl methyl sites for hydroxylation is 4. The summed E-state index contributed by atoms with van der Waals surface area (Å²) < 4.78 is 18.7. The molecule has 4 aromatic heterocycles. The summed E-state index contributed by atoms with van der Waals surface area (Å²) in [6, 6.07) is 18.5. The van der Waals surface area contributed by atoms with Crippen molar-refractivity contribution in [3.05, 3.63) is 108 Å². The molecule has 0 unspecified atom stereocenters. The summed E-state index contributed by atoms with van der Waals surface area (Å²) >= 11 is 0. The van der Waals surface area contributed by atoms with E-state index in [-0.39, 0.29) is 43.0 Å². The Morgan fingerprint density at radius 2 is 1.12 bits per heavy atom. The average molecular weight is 842 g/mol. The van der Waals surface area contributed by atoms with Gasteiger partial charge in [0.05, 0.1) is 27.8 Å². The van der Waals surface area contributed by atoms with Crippen molar-refractivity contribution in [3.8, 4) is 22.3 Å². The van der Waals surface area contributed by atoms with Gasteiger partial charge in [0.25, 0.3) is 0 Å². The van der Waals surface area contributed by atoms with E-state index in [1.54, 1.807) is 16.9 Å². The van der Waals surface area contributed by atoms with E-state index in [0.29, 0.717) is 17.4 Å². The van der Waals surface area contributed by atoms with Crippen LogP contribution in [0.1, 0.15) is 60.2 Å². The van der Waals surface area contributed by atoms with E-state index in [2.05, 4.69) is 86.4 Å². The Morgan fingerprint density at radius 3 is 1.74 bits per heavy atom. The van der Waals surface area contributed by atoms with Crippen molar-refractivity contribution >= 4 is 81.0 Å². The first-order chi connectivity index (χ1) is 26.8. The van der Waals surface area contributed by atoms with Crippen LogP contribution in [0.5, 0.6) is 0 Å². The van der Waals surface area contributed by atoms with Gasteiger partial charge in [0.1, 0.15) is 17.2 Å². The molecule has 0 atom stereocenters. The highest BCUT2D eigenvalue weighted by Crippen LogP contribution is 2.33. The topological polar surface area (TPSA) is 111 Å². The molecule has 2 fully saturated rings. The Hall–Kier alpha value is -4.78. The van der Waals surface area contributed by atoms with Crippen LogP contribution in [0.4, 0.5) is 4.39 Å². The molecule has 0 saturated carbocycles. The fourth-order valence-electron chi connectivity index (χ4n) is 8.27. The number of halogens is 4. The zero-order valence-electron chi connectivity index (χ0n) is 33.0. The predicted octanol–water partition coefficient (Wildman–Crippen LogP) is 9.32. The molecule has 14 heteroatoms. The molecule has 2 aliphatic rings. The van der Waals surface area contributed by atoms with Crippen molar-refractivity contribution in [2.75, 3.05) is 26.2 Å². The maximum Gasteiger partial charge on any atom is 0.150 e.